The molecule has 9 nitrogen and oxygen atoms in total. The molecule has 0 aliphatic carbocycles. The van der Waals surface area contributed by atoms with Crippen molar-refractivity contribution in [1.29, 1.82) is 0 Å². The van der Waals surface area contributed by atoms with Crippen LogP contribution in [0.3, 0.4) is 0 Å². The zero-order chi connectivity index (χ0) is 21.8. The van der Waals surface area contributed by atoms with Crippen molar-refractivity contribution in [2.45, 2.75) is 16.4 Å². The van der Waals surface area contributed by atoms with Gasteiger partial charge in [0.1, 0.15) is 15.7 Å². The second-order valence-corrected chi connectivity index (χ2v) is 11.0. The Kier molecular flexibility index (Phi) is 6.69. The first-order valence-corrected chi connectivity index (χ1v) is 12.5. The molecule has 2 atom stereocenters. The van der Waals surface area contributed by atoms with Crippen LogP contribution in [0.25, 0.3) is 0 Å². The molecule has 0 saturated heterocycles. The summed E-state index contributed by atoms with van der Waals surface area (Å²) < 4.78 is 45.8. The molecule has 30 heavy (non-hydrogen) atoms. The topological polar surface area (TPSA) is 136 Å². The molecular weight excluding hydrogens is 451 g/mol. The summed E-state index contributed by atoms with van der Waals surface area (Å²) >= 11 is 0.971. The molecule has 0 bridgehead atoms. The molecule has 0 saturated carbocycles. The quantitative estimate of drug-likeness (QED) is 0.277. The highest BCUT2D eigenvalue weighted by Gasteiger charge is 2.38. The second kappa shape index (κ2) is 9.07. The van der Waals surface area contributed by atoms with Crippen molar-refractivity contribution in [2.75, 3.05) is 0 Å². The first-order chi connectivity index (χ1) is 14.2. The standard InChI is InChI=1S/C18H17N2O7PS2/c21-20(22)15-8-10-16(11-9-15)27-28(23,24)17(13-14-5-2-1-3-6-14)19-30(25,26)18-7-4-12-29-18/h1-12,17,19H,13H2,(H,23,24). The van der Waals surface area contributed by atoms with Crippen LogP contribution < -0.4 is 9.25 Å². The summed E-state index contributed by atoms with van der Waals surface area (Å²) in [6, 6.07) is 16.1. The number of hydrogen-bond donors (Lipinski definition) is 2. The molecule has 0 aliphatic heterocycles. The molecule has 0 spiro atoms. The monoisotopic (exact) mass is 468 g/mol. The average Bonchev–Trinajstić information content (AvgIpc) is 3.24. The number of rotatable bonds is 9. The van der Waals surface area contributed by atoms with E-state index in [4.69, 9.17) is 4.52 Å². The highest BCUT2D eigenvalue weighted by Crippen LogP contribution is 2.48. The van der Waals surface area contributed by atoms with Gasteiger partial charge in [0.15, 0.2) is 0 Å². The maximum absolute atomic E-state index is 13.0. The molecule has 2 aromatic carbocycles. The van der Waals surface area contributed by atoms with E-state index >= 15 is 0 Å². The van der Waals surface area contributed by atoms with Gasteiger partial charge < -0.3 is 9.42 Å². The summed E-state index contributed by atoms with van der Waals surface area (Å²) in [5.74, 6) is -1.58. The Morgan fingerprint density at radius 1 is 1.10 bits per heavy atom. The third kappa shape index (κ3) is 5.53. The van der Waals surface area contributed by atoms with Crippen LogP contribution in [-0.2, 0) is 21.0 Å². The van der Waals surface area contributed by atoms with Gasteiger partial charge in [0.2, 0.25) is 0 Å². The summed E-state index contributed by atoms with van der Waals surface area (Å²) in [7, 11) is -8.65. The summed E-state index contributed by atoms with van der Waals surface area (Å²) in [4.78, 5) is 20.8. The van der Waals surface area contributed by atoms with Gasteiger partial charge in [-0.2, -0.15) is 4.72 Å². The van der Waals surface area contributed by atoms with Gasteiger partial charge in [0, 0.05) is 18.6 Å². The predicted molar refractivity (Wildman–Crippen MR) is 112 cm³/mol. The molecule has 158 valence electrons. The van der Waals surface area contributed by atoms with Crippen molar-refractivity contribution < 1.29 is 27.3 Å². The fraction of sp³-hybridized carbons (Fsp3) is 0.111. The highest BCUT2D eigenvalue weighted by molar-refractivity contribution is 7.91. The molecule has 0 amide bonds. The van der Waals surface area contributed by atoms with Gasteiger partial charge in [-0.1, -0.05) is 36.4 Å². The zero-order valence-corrected chi connectivity index (χ0v) is 17.8. The first-order valence-electron chi connectivity index (χ1n) is 8.54. The minimum absolute atomic E-state index is 0.00380. The molecule has 3 rings (SSSR count). The van der Waals surface area contributed by atoms with Crippen molar-refractivity contribution >= 4 is 34.6 Å². The molecule has 2 unspecified atom stereocenters. The van der Waals surface area contributed by atoms with E-state index in [1.54, 1.807) is 41.8 Å². The SMILES string of the molecule is O=[N+]([O-])c1ccc(OP(=O)(O)C(Cc2ccccc2)NS(=O)(=O)c2cccs2)cc1. The van der Waals surface area contributed by atoms with Crippen LogP contribution >= 0.6 is 18.9 Å². The Balaban J connectivity index is 1.89. The van der Waals surface area contributed by atoms with Crippen LogP contribution in [0.5, 0.6) is 5.75 Å². The maximum atomic E-state index is 13.0. The van der Waals surface area contributed by atoms with Gasteiger partial charge in [0.25, 0.3) is 15.7 Å². The molecule has 1 heterocycles. The van der Waals surface area contributed by atoms with Crippen LogP contribution in [-0.4, -0.2) is 24.0 Å². The molecular formula is C18H17N2O7PS2. The number of thiophene rings is 1. The second-order valence-electron chi connectivity index (χ2n) is 6.17. The smallest absolute Gasteiger partial charge is 0.394 e. The lowest BCUT2D eigenvalue weighted by Crippen LogP contribution is -2.37. The highest BCUT2D eigenvalue weighted by atomic mass is 32.2. The van der Waals surface area contributed by atoms with Gasteiger partial charge in [-0.05, 0) is 29.1 Å². The number of benzene rings is 2. The Bertz CT molecular complexity index is 1150. The van der Waals surface area contributed by atoms with E-state index in [2.05, 4.69) is 4.72 Å². The van der Waals surface area contributed by atoms with E-state index in [-0.39, 0.29) is 22.1 Å². The molecule has 0 fully saturated rings. The molecule has 12 heteroatoms. The number of non-ortho nitro benzene ring substituents is 1. The molecule has 0 radical (unpaired) electrons. The summed E-state index contributed by atoms with van der Waals surface area (Å²) in [6.07, 6.45) is -0.105. The van der Waals surface area contributed by atoms with Crippen LogP contribution in [0.4, 0.5) is 5.69 Å². The number of hydrogen-bond acceptors (Lipinski definition) is 7. The number of nitro benzene ring substituents is 1. The van der Waals surface area contributed by atoms with Crippen molar-refractivity contribution in [2.24, 2.45) is 0 Å². The number of nitrogens with zero attached hydrogens (tertiary/aromatic N) is 1. The lowest BCUT2D eigenvalue weighted by Gasteiger charge is -2.24. The van der Waals surface area contributed by atoms with Crippen molar-refractivity contribution in [1.82, 2.24) is 4.72 Å². The maximum Gasteiger partial charge on any atom is 0.394 e. The molecule has 3 aromatic rings. The Hall–Kier alpha value is -2.56. The van der Waals surface area contributed by atoms with Crippen LogP contribution in [0.15, 0.2) is 76.3 Å². The molecule has 1 aromatic heterocycles. The van der Waals surface area contributed by atoms with E-state index in [0.717, 1.165) is 23.5 Å². The third-order valence-electron chi connectivity index (χ3n) is 4.00. The summed E-state index contributed by atoms with van der Waals surface area (Å²) in [5, 5.41) is 12.3. The summed E-state index contributed by atoms with van der Waals surface area (Å²) in [6.45, 7) is 0. The van der Waals surface area contributed by atoms with E-state index in [0.29, 0.717) is 5.56 Å². The number of sulfonamides is 1. The fourth-order valence-corrected chi connectivity index (χ4v) is 6.58. The lowest BCUT2D eigenvalue weighted by atomic mass is 10.1. The fourth-order valence-electron chi connectivity index (χ4n) is 2.56. The Morgan fingerprint density at radius 3 is 2.33 bits per heavy atom. The van der Waals surface area contributed by atoms with Gasteiger partial charge in [-0.15, -0.1) is 11.3 Å². The molecule has 0 aliphatic rings. The minimum atomic E-state index is -4.58. The zero-order valence-electron chi connectivity index (χ0n) is 15.3. The van der Waals surface area contributed by atoms with Gasteiger partial charge in [-0.3, -0.25) is 10.1 Å². The number of nitro groups is 1. The largest absolute Gasteiger partial charge is 0.423 e. The van der Waals surface area contributed by atoms with Crippen molar-refractivity contribution in [3.63, 3.8) is 0 Å². The Labute approximate surface area is 176 Å². The minimum Gasteiger partial charge on any atom is -0.423 e. The normalized spacial score (nSPS) is 14.6. The number of nitrogens with one attached hydrogen (secondary N) is 1. The summed E-state index contributed by atoms with van der Waals surface area (Å²) in [5.41, 5.74) is 0.410. The van der Waals surface area contributed by atoms with Crippen molar-refractivity contribution in [3.8, 4) is 5.75 Å². The predicted octanol–water partition coefficient (Wildman–Crippen LogP) is 3.77. The van der Waals surface area contributed by atoms with Crippen LogP contribution in [0, 0.1) is 10.1 Å². The van der Waals surface area contributed by atoms with Gasteiger partial charge in [0.05, 0.1) is 4.92 Å². The van der Waals surface area contributed by atoms with Crippen LogP contribution in [0.2, 0.25) is 0 Å². The van der Waals surface area contributed by atoms with Crippen molar-refractivity contribution in [3.05, 3.63) is 87.8 Å². The van der Waals surface area contributed by atoms with E-state index in [1.807, 2.05) is 0 Å². The Morgan fingerprint density at radius 2 is 1.77 bits per heavy atom. The van der Waals surface area contributed by atoms with E-state index < -0.39 is 28.3 Å². The van der Waals surface area contributed by atoms with Gasteiger partial charge >= 0.3 is 7.60 Å². The first kappa shape index (κ1) is 22.1. The van der Waals surface area contributed by atoms with Gasteiger partial charge in [-0.25, -0.2) is 13.0 Å². The van der Waals surface area contributed by atoms with Crippen LogP contribution in [0.1, 0.15) is 5.56 Å². The van der Waals surface area contributed by atoms with E-state index in [1.165, 1.54) is 18.2 Å². The average molecular weight is 468 g/mol. The molecule has 2 N–H and O–H groups in total. The third-order valence-corrected chi connectivity index (χ3v) is 8.62. The van der Waals surface area contributed by atoms with E-state index in [9.17, 15) is 28.0 Å². The lowest BCUT2D eigenvalue weighted by molar-refractivity contribution is -0.384.